The predicted octanol–water partition coefficient (Wildman–Crippen LogP) is 1.75. The van der Waals surface area contributed by atoms with Gasteiger partial charge in [0.2, 0.25) is 10.0 Å². The molecule has 0 saturated heterocycles. The van der Waals surface area contributed by atoms with Gasteiger partial charge in [0.05, 0.1) is 18.7 Å². The van der Waals surface area contributed by atoms with E-state index in [9.17, 15) is 13.2 Å². The van der Waals surface area contributed by atoms with Crippen molar-refractivity contribution in [2.45, 2.75) is 11.4 Å². The lowest BCUT2D eigenvalue weighted by molar-refractivity contribution is 0.0950. The zero-order chi connectivity index (χ0) is 19.3. The quantitative estimate of drug-likeness (QED) is 0.831. The van der Waals surface area contributed by atoms with Crippen LogP contribution in [0.25, 0.3) is 0 Å². The van der Waals surface area contributed by atoms with Gasteiger partial charge in [-0.3, -0.25) is 4.79 Å². The molecule has 0 saturated carbocycles. The van der Waals surface area contributed by atoms with Crippen molar-refractivity contribution in [3.63, 3.8) is 0 Å². The average Bonchev–Trinajstić information content (AvgIpc) is 2.65. The van der Waals surface area contributed by atoms with Crippen LogP contribution < -0.4 is 10.1 Å². The zero-order valence-electron chi connectivity index (χ0n) is 14.7. The minimum atomic E-state index is -3.75. The minimum Gasteiger partial charge on any atom is -0.495 e. The molecule has 0 unspecified atom stereocenters. The zero-order valence-corrected chi connectivity index (χ0v) is 15.5. The molecular weight excluding hydrogens is 354 g/mol. The molecule has 1 N–H and O–H groups in total. The highest BCUT2D eigenvalue weighted by Crippen LogP contribution is 2.26. The van der Waals surface area contributed by atoms with Gasteiger partial charge in [0, 0.05) is 26.2 Å². The van der Waals surface area contributed by atoms with E-state index in [1.807, 2.05) is 6.07 Å². The van der Waals surface area contributed by atoms with Crippen molar-refractivity contribution in [1.82, 2.24) is 9.62 Å². The van der Waals surface area contributed by atoms with E-state index in [4.69, 9.17) is 10.00 Å². The normalized spacial score (nSPS) is 11.0. The molecule has 0 spiro atoms. The Hall–Kier alpha value is -2.89. The van der Waals surface area contributed by atoms with E-state index in [0.717, 1.165) is 9.87 Å². The van der Waals surface area contributed by atoms with Crippen LogP contribution in [0.1, 0.15) is 21.5 Å². The Morgan fingerprint density at radius 1 is 1.19 bits per heavy atom. The van der Waals surface area contributed by atoms with Crippen molar-refractivity contribution in [2.24, 2.45) is 0 Å². The van der Waals surface area contributed by atoms with Gasteiger partial charge in [-0.05, 0) is 35.9 Å². The van der Waals surface area contributed by atoms with Gasteiger partial charge in [-0.15, -0.1) is 0 Å². The number of rotatable bonds is 6. The SMILES string of the molecule is COc1ccc(C(=O)NCc2ccc(C#N)cc2)cc1S(=O)(=O)N(C)C. The fourth-order valence-electron chi connectivity index (χ4n) is 2.20. The summed E-state index contributed by atoms with van der Waals surface area (Å²) >= 11 is 0. The molecule has 2 aromatic rings. The maximum Gasteiger partial charge on any atom is 0.251 e. The second-order valence-electron chi connectivity index (χ2n) is 5.64. The van der Waals surface area contributed by atoms with E-state index >= 15 is 0 Å². The van der Waals surface area contributed by atoms with Crippen molar-refractivity contribution < 1.29 is 17.9 Å². The summed E-state index contributed by atoms with van der Waals surface area (Å²) < 4.78 is 31.0. The number of ether oxygens (including phenoxy) is 1. The third-order valence-electron chi connectivity index (χ3n) is 3.72. The van der Waals surface area contributed by atoms with E-state index in [1.165, 1.54) is 39.4 Å². The number of nitrogens with zero attached hydrogens (tertiary/aromatic N) is 2. The van der Waals surface area contributed by atoms with Gasteiger partial charge in [0.25, 0.3) is 5.91 Å². The Morgan fingerprint density at radius 3 is 2.38 bits per heavy atom. The second kappa shape index (κ2) is 7.99. The smallest absolute Gasteiger partial charge is 0.251 e. The van der Waals surface area contributed by atoms with Crippen LogP contribution in [0.15, 0.2) is 47.4 Å². The Labute approximate surface area is 152 Å². The second-order valence-corrected chi connectivity index (χ2v) is 7.76. The van der Waals surface area contributed by atoms with Gasteiger partial charge in [0.1, 0.15) is 10.6 Å². The molecule has 0 aliphatic rings. The van der Waals surface area contributed by atoms with Gasteiger partial charge in [-0.1, -0.05) is 12.1 Å². The highest BCUT2D eigenvalue weighted by atomic mass is 32.2. The summed E-state index contributed by atoms with van der Waals surface area (Å²) in [5.74, 6) is -0.241. The van der Waals surface area contributed by atoms with Gasteiger partial charge >= 0.3 is 0 Å². The highest BCUT2D eigenvalue weighted by Gasteiger charge is 2.23. The van der Waals surface area contributed by atoms with Crippen LogP contribution in [0.4, 0.5) is 0 Å². The standard InChI is InChI=1S/C18H19N3O4S/c1-21(2)26(23,24)17-10-15(8-9-16(17)25-3)18(22)20-12-14-6-4-13(11-19)5-7-14/h4-10H,12H2,1-3H3,(H,20,22). The lowest BCUT2D eigenvalue weighted by Crippen LogP contribution is -2.25. The van der Waals surface area contributed by atoms with Crippen molar-refractivity contribution in [3.05, 3.63) is 59.2 Å². The van der Waals surface area contributed by atoms with Crippen LogP contribution in [0, 0.1) is 11.3 Å². The first-order chi connectivity index (χ1) is 12.3. The molecule has 0 bridgehead atoms. The van der Waals surface area contributed by atoms with Gasteiger partial charge in [0.15, 0.2) is 0 Å². The first kappa shape index (κ1) is 19.4. The summed E-state index contributed by atoms with van der Waals surface area (Å²) in [5, 5.41) is 11.5. The van der Waals surface area contributed by atoms with E-state index in [-0.39, 0.29) is 22.8 Å². The van der Waals surface area contributed by atoms with Crippen molar-refractivity contribution in [2.75, 3.05) is 21.2 Å². The lowest BCUT2D eigenvalue weighted by Gasteiger charge is -2.15. The Bertz CT molecular complexity index is 945. The van der Waals surface area contributed by atoms with Gasteiger partial charge < -0.3 is 10.1 Å². The molecular formula is C18H19N3O4S. The van der Waals surface area contributed by atoms with E-state index in [2.05, 4.69) is 5.32 Å². The summed E-state index contributed by atoms with van der Waals surface area (Å²) in [4.78, 5) is 12.3. The summed E-state index contributed by atoms with van der Waals surface area (Å²) in [6.45, 7) is 0.256. The largest absolute Gasteiger partial charge is 0.495 e. The number of hydrogen-bond acceptors (Lipinski definition) is 5. The molecule has 8 heteroatoms. The number of amides is 1. The summed E-state index contributed by atoms with van der Waals surface area (Å²) in [6, 6.07) is 13.1. The third kappa shape index (κ3) is 4.20. The number of sulfonamides is 1. The first-order valence-corrected chi connectivity index (χ1v) is 9.11. The fraction of sp³-hybridized carbons (Fsp3) is 0.222. The molecule has 26 heavy (non-hydrogen) atoms. The summed E-state index contributed by atoms with van der Waals surface area (Å²) in [7, 11) is 0.435. The molecule has 7 nitrogen and oxygen atoms in total. The molecule has 0 aliphatic heterocycles. The number of nitriles is 1. The Balaban J connectivity index is 2.22. The van der Waals surface area contributed by atoms with Crippen molar-refractivity contribution in [1.29, 1.82) is 5.26 Å². The molecule has 0 radical (unpaired) electrons. The van der Waals surface area contributed by atoms with Crippen LogP contribution in [0.2, 0.25) is 0 Å². The summed E-state index contributed by atoms with van der Waals surface area (Å²) in [5.41, 5.74) is 1.57. The maximum absolute atomic E-state index is 12.4. The highest BCUT2D eigenvalue weighted by molar-refractivity contribution is 7.89. The van der Waals surface area contributed by atoms with E-state index in [1.54, 1.807) is 24.3 Å². The number of methoxy groups -OCH3 is 1. The van der Waals surface area contributed by atoms with Crippen LogP contribution in [-0.2, 0) is 16.6 Å². The predicted molar refractivity (Wildman–Crippen MR) is 96.2 cm³/mol. The van der Waals surface area contributed by atoms with E-state index < -0.39 is 15.9 Å². The average molecular weight is 373 g/mol. The lowest BCUT2D eigenvalue weighted by atomic mass is 10.1. The number of nitrogens with one attached hydrogen (secondary N) is 1. The van der Waals surface area contributed by atoms with Crippen LogP contribution in [0.3, 0.4) is 0 Å². The van der Waals surface area contributed by atoms with Crippen LogP contribution in [-0.4, -0.2) is 39.8 Å². The van der Waals surface area contributed by atoms with E-state index in [0.29, 0.717) is 5.56 Å². The monoisotopic (exact) mass is 373 g/mol. The molecule has 0 atom stereocenters. The number of carbonyl (C=O) groups excluding carboxylic acids is 1. The van der Waals surface area contributed by atoms with Crippen LogP contribution in [0.5, 0.6) is 5.75 Å². The Morgan fingerprint density at radius 2 is 1.85 bits per heavy atom. The number of hydrogen-bond donors (Lipinski definition) is 1. The molecule has 2 rings (SSSR count). The number of benzene rings is 2. The third-order valence-corrected chi connectivity index (χ3v) is 5.56. The molecule has 136 valence electrons. The molecule has 0 fully saturated rings. The number of carbonyl (C=O) groups is 1. The Kier molecular flexibility index (Phi) is 5.97. The minimum absolute atomic E-state index is 0.0731. The molecule has 0 heterocycles. The molecule has 1 amide bonds. The topological polar surface area (TPSA) is 99.5 Å². The van der Waals surface area contributed by atoms with Crippen molar-refractivity contribution >= 4 is 15.9 Å². The molecule has 0 aliphatic carbocycles. The van der Waals surface area contributed by atoms with Crippen molar-refractivity contribution in [3.8, 4) is 11.8 Å². The first-order valence-electron chi connectivity index (χ1n) is 7.67. The fourth-order valence-corrected chi connectivity index (χ4v) is 3.27. The van der Waals surface area contributed by atoms with Crippen LogP contribution >= 0.6 is 0 Å². The molecule has 0 aromatic heterocycles. The summed E-state index contributed by atoms with van der Waals surface area (Å²) in [6.07, 6.45) is 0. The maximum atomic E-state index is 12.4. The van der Waals surface area contributed by atoms with Gasteiger partial charge in [-0.2, -0.15) is 5.26 Å². The molecule has 2 aromatic carbocycles. The van der Waals surface area contributed by atoms with Gasteiger partial charge in [-0.25, -0.2) is 12.7 Å².